The van der Waals surface area contributed by atoms with Crippen LogP contribution in [0.3, 0.4) is 0 Å². The van der Waals surface area contributed by atoms with Gasteiger partial charge in [-0.1, -0.05) is 390 Å². The van der Waals surface area contributed by atoms with E-state index < -0.39 is 0 Å². The van der Waals surface area contributed by atoms with Gasteiger partial charge < -0.3 is 0 Å². The number of para-hydroxylation sites is 1. The molecule has 3 heterocycles. The maximum absolute atomic E-state index is 5.34. The molecule has 20 aromatic carbocycles. The van der Waals surface area contributed by atoms with Gasteiger partial charge in [-0.3, -0.25) is 0 Å². The SMILES string of the molecule is CC1(C)c2cc(-c3cccc4nc(-c5ccccc5)c(-c5ccccc5)nc34)ccc2-c2cc3ccccc3cc21.c1ccc(-c2nc3ccc(-c4cc(-c5ccc6ccccc6c5)cc(-c5ccc6ccccc6c5)c4)cc3nc2-c2ccccc2)cc1.c1ccc(-c2nc3ccc(-c4ccc(-c5ccc6ccccc6c5)cc4)cc3nc2-c2ccccc2)cc1. The zero-order chi connectivity index (χ0) is 84.7. The molecular weight excluding hydrogens is 1540 g/mol. The summed E-state index contributed by atoms with van der Waals surface area (Å²) in [6.45, 7) is 4.69. The number of nitrogens with zero attached hydrogens (tertiary/aromatic N) is 6. The highest BCUT2D eigenvalue weighted by Crippen LogP contribution is 2.52. The molecule has 596 valence electrons. The van der Waals surface area contributed by atoms with Crippen LogP contribution in [0.25, 0.3) is 222 Å². The van der Waals surface area contributed by atoms with Gasteiger partial charge in [0.05, 0.1) is 67.3 Å². The largest absolute Gasteiger partial charge is 0.244 e. The van der Waals surface area contributed by atoms with Gasteiger partial charge in [0.15, 0.2) is 0 Å². The molecule has 1 aliphatic carbocycles. The molecule has 0 unspecified atom stereocenters. The zero-order valence-electron chi connectivity index (χ0n) is 70.1. The molecule has 0 N–H and O–H groups in total. The Hall–Kier alpha value is -16.5. The smallest absolute Gasteiger partial charge is 0.0973 e. The van der Waals surface area contributed by atoms with Crippen LogP contribution in [0.15, 0.2) is 461 Å². The van der Waals surface area contributed by atoms with Crippen molar-refractivity contribution >= 4 is 76.2 Å². The Kier molecular flexibility index (Phi) is 19.9. The average Bonchev–Trinajstić information content (AvgIpc) is 1.56. The molecule has 0 bridgehead atoms. The summed E-state index contributed by atoms with van der Waals surface area (Å²) in [7, 11) is 0. The fraction of sp³-hybridized carbons (Fsp3) is 0.0248. The van der Waals surface area contributed by atoms with E-state index in [4.69, 9.17) is 29.9 Å². The fourth-order valence-corrected chi connectivity index (χ4v) is 18.2. The summed E-state index contributed by atoms with van der Waals surface area (Å²) in [5, 5.41) is 10.0. The van der Waals surface area contributed by atoms with E-state index in [0.717, 1.165) is 128 Å². The maximum atomic E-state index is 5.34. The molecule has 3 aromatic heterocycles. The predicted molar refractivity (Wildman–Crippen MR) is 531 cm³/mol. The van der Waals surface area contributed by atoms with Crippen molar-refractivity contribution in [1.82, 2.24) is 29.9 Å². The van der Waals surface area contributed by atoms with Gasteiger partial charge in [-0.15, -0.1) is 0 Å². The number of rotatable bonds is 12. The highest BCUT2D eigenvalue weighted by molar-refractivity contribution is 6.01. The lowest BCUT2D eigenvalue weighted by Crippen LogP contribution is -2.15. The highest BCUT2D eigenvalue weighted by atomic mass is 14.9. The quantitative estimate of drug-likeness (QED) is 0.121. The molecule has 0 atom stereocenters. The Balaban J connectivity index is 0.000000113. The van der Waals surface area contributed by atoms with Gasteiger partial charge in [-0.25, -0.2) is 29.9 Å². The second kappa shape index (κ2) is 33.0. The van der Waals surface area contributed by atoms with Crippen LogP contribution in [0, 0.1) is 0 Å². The molecular formula is C121H82N6. The van der Waals surface area contributed by atoms with Gasteiger partial charge >= 0.3 is 0 Å². The van der Waals surface area contributed by atoms with Gasteiger partial charge in [0, 0.05) is 44.4 Å². The fourth-order valence-electron chi connectivity index (χ4n) is 18.2. The monoisotopic (exact) mass is 1620 g/mol. The van der Waals surface area contributed by atoms with Gasteiger partial charge in [0.2, 0.25) is 0 Å². The molecule has 127 heavy (non-hydrogen) atoms. The van der Waals surface area contributed by atoms with Crippen LogP contribution in [-0.4, -0.2) is 29.9 Å². The Morgan fingerprint density at radius 3 is 0.819 bits per heavy atom. The number of fused-ring (bicyclic) bond motifs is 10. The molecule has 0 saturated heterocycles. The summed E-state index contributed by atoms with van der Waals surface area (Å²) in [5.74, 6) is 0. The van der Waals surface area contributed by atoms with E-state index >= 15 is 0 Å². The summed E-state index contributed by atoms with van der Waals surface area (Å²) < 4.78 is 0. The van der Waals surface area contributed by atoms with Crippen LogP contribution in [0.2, 0.25) is 0 Å². The third-order valence-corrected chi connectivity index (χ3v) is 24.9. The van der Waals surface area contributed by atoms with Crippen molar-refractivity contribution in [2.45, 2.75) is 19.3 Å². The summed E-state index contributed by atoms with van der Waals surface area (Å²) >= 11 is 0. The number of hydrogen-bond acceptors (Lipinski definition) is 6. The van der Waals surface area contributed by atoms with Crippen molar-refractivity contribution in [1.29, 1.82) is 0 Å². The van der Waals surface area contributed by atoms with Crippen LogP contribution in [0.4, 0.5) is 0 Å². The lowest BCUT2D eigenvalue weighted by molar-refractivity contribution is 0.661. The van der Waals surface area contributed by atoms with E-state index in [-0.39, 0.29) is 5.41 Å². The molecule has 0 fully saturated rings. The minimum Gasteiger partial charge on any atom is -0.244 e. The molecule has 1 aliphatic rings. The number of aromatic nitrogens is 6. The first-order valence-corrected chi connectivity index (χ1v) is 43.3. The van der Waals surface area contributed by atoms with Gasteiger partial charge in [0.25, 0.3) is 0 Å². The summed E-state index contributed by atoms with van der Waals surface area (Å²) in [6.07, 6.45) is 0. The highest BCUT2D eigenvalue weighted by Gasteiger charge is 2.36. The normalized spacial score (nSPS) is 11.9. The van der Waals surface area contributed by atoms with Crippen molar-refractivity contribution in [2.75, 3.05) is 0 Å². The second-order valence-electron chi connectivity index (χ2n) is 33.2. The Morgan fingerprint density at radius 1 is 0.142 bits per heavy atom. The molecule has 24 rings (SSSR count). The van der Waals surface area contributed by atoms with Crippen LogP contribution >= 0.6 is 0 Å². The van der Waals surface area contributed by atoms with E-state index in [1.165, 1.54) is 104 Å². The van der Waals surface area contributed by atoms with Gasteiger partial charge in [-0.05, 0) is 211 Å². The Labute approximate surface area is 737 Å². The third kappa shape index (κ3) is 15.1. The van der Waals surface area contributed by atoms with Crippen LogP contribution in [0.5, 0.6) is 0 Å². The van der Waals surface area contributed by atoms with Crippen LogP contribution < -0.4 is 0 Å². The minimum absolute atomic E-state index is 0.101. The molecule has 23 aromatic rings. The molecule has 0 saturated carbocycles. The first-order valence-electron chi connectivity index (χ1n) is 43.3. The van der Waals surface area contributed by atoms with Crippen LogP contribution in [-0.2, 0) is 5.41 Å². The summed E-state index contributed by atoms with van der Waals surface area (Å²) in [4.78, 5) is 31.2. The molecule has 0 amide bonds. The third-order valence-electron chi connectivity index (χ3n) is 24.9. The second-order valence-corrected chi connectivity index (χ2v) is 33.2. The Bertz CT molecular complexity index is 8020. The van der Waals surface area contributed by atoms with Gasteiger partial charge in [0.1, 0.15) is 0 Å². The van der Waals surface area contributed by atoms with Crippen molar-refractivity contribution in [3.8, 4) is 145 Å². The first kappa shape index (κ1) is 76.6. The minimum atomic E-state index is -0.101. The van der Waals surface area contributed by atoms with E-state index in [9.17, 15) is 0 Å². The van der Waals surface area contributed by atoms with Crippen molar-refractivity contribution in [2.24, 2.45) is 0 Å². The van der Waals surface area contributed by atoms with E-state index in [2.05, 4.69) is 414 Å². The number of benzene rings is 20. The maximum Gasteiger partial charge on any atom is 0.0973 e. The average molecular weight is 1620 g/mol. The Morgan fingerprint density at radius 2 is 0.425 bits per heavy atom. The van der Waals surface area contributed by atoms with Gasteiger partial charge in [-0.2, -0.15) is 0 Å². The van der Waals surface area contributed by atoms with Crippen molar-refractivity contribution in [3.05, 3.63) is 472 Å². The van der Waals surface area contributed by atoms with E-state index in [1.54, 1.807) is 0 Å². The topological polar surface area (TPSA) is 77.3 Å². The lowest BCUT2D eigenvalue weighted by atomic mass is 9.81. The van der Waals surface area contributed by atoms with E-state index in [0.29, 0.717) is 0 Å². The molecule has 0 radical (unpaired) electrons. The standard InChI is InChI=1S/C46H30N2.C39H28N2.C36H24N2/c1-3-13-33(14-4-1)45-46(34-15-5-2-6-16-34)48-44-30-39(23-24-43(44)47-45)42-28-40(37-21-19-31-11-7-9-17-35(31)25-37)27-41(29-42)38-22-20-32-12-8-10-18-36(32)26-38;1-39(2)33-24-29(20-21-31(33)32-22-27-16-9-10-17-28(27)23-34(32)39)30-18-11-19-35-38(30)41-37(26-14-7-4-8-15-26)36(40-35)25-12-5-3-6-13-25;1-3-10-28(11-4-1)35-36(29-12-5-2-6-13-29)38-34-24-32(21-22-33(34)37-35)27-17-15-26(16-18-27)31-20-19-25-9-7-8-14-30(25)23-31/h1-30H;3-24H,1-2H3;1-24H. The summed E-state index contributed by atoms with van der Waals surface area (Å²) in [5.41, 5.74) is 36.3. The van der Waals surface area contributed by atoms with Crippen molar-refractivity contribution < 1.29 is 0 Å². The number of hydrogen-bond donors (Lipinski definition) is 0. The predicted octanol–water partition coefficient (Wildman–Crippen LogP) is 31.8. The van der Waals surface area contributed by atoms with Crippen LogP contribution in [0.1, 0.15) is 25.0 Å². The lowest BCUT2D eigenvalue weighted by Gasteiger charge is -2.22. The van der Waals surface area contributed by atoms with Crippen molar-refractivity contribution in [3.63, 3.8) is 0 Å². The molecule has 6 nitrogen and oxygen atoms in total. The zero-order valence-corrected chi connectivity index (χ0v) is 70.1. The molecule has 6 heteroatoms. The molecule has 0 aliphatic heterocycles. The first-order chi connectivity index (χ1) is 62.6. The molecule has 0 spiro atoms. The summed E-state index contributed by atoms with van der Waals surface area (Å²) in [6, 6.07) is 163. The van der Waals surface area contributed by atoms with E-state index in [1.807, 2.05) is 60.7 Å².